The molecule has 4 nitrogen and oxygen atoms in total. The first kappa shape index (κ1) is 15.3. The lowest BCUT2D eigenvalue weighted by atomic mass is 10.1. The van der Waals surface area contributed by atoms with Gasteiger partial charge in [0, 0.05) is 36.1 Å². The number of ketones is 1. The van der Waals surface area contributed by atoms with Gasteiger partial charge in [0.1, 0.15) is 0 Å². The van der Waals surface area contributed by atoms with Crippen molar-refractivity contribution in [3.05, 3.63) is 23.0 Å². The molecule has 1 heterocycles. The molecule has 4 heteroatoms. The third-order valence-corrected chi connectivity index (χ3v) is 4.12. The van der Waals surface area contributed by atoms with E-state index in [2.05, 4.69) is 23.3 Å². The molecule has 0 aliphatic heterocycles. The van der Waals surface area contributed by atoms with Gasteiger partial charge >= 0.3 is 0 Å². The molecule has 1 fully saturated rings. The second-order valence-electron chi connectivity index (χ2n) is 5.78. The number of aliphatic hydroxyl groups is 1. The van der Waals surface area contributed by atoms with Crippen molar-refractivity contribution in [2.24, 2.45) is 0 Å². The van der Waals surface area contributed by atoms with Crippen LogP contribution in [-0.4, -0.2) is 46.1 Å². The van der Waals surface area contributed by atoms with E-state index in [1.807, 2.05) is 13.0 Å². The van der Waals surface area contributed by atoms with Gasteiger partial charge in [-0.25, -0.2) is 0 Å². The Balaban J connectivity index is 2.10. The van der Waals surface area contributed by atoms with E-state index in [1.165, 1.54) is 0 Å². The molecule has 112 valence electrons. The molecule has 0 aromatic carbocycles. The summed E-state index contributed by atoms with van der Waals surface area (Å²) in [6.07, 6.45) is 3.38. The zero-order chi connectivity index (χ0) is 14.7. The van der Waals surface area contributed by atoms with Crippen molar-refractivity contribution in [1.82, 2.24) is 9.47 Å². The van der Waals surface area contributed by atoms with E-state index in [0.717, 1.165) is 42.8 Å². The van der Waals surface area contributed by atoms with Crippen molar-refractivity contribution >= 4 is 5.78 Å². The molecule has 1 aromatic heterocycles. The van der Waals surface area contributed by atoms with E-state index in [0.29, 0.717) is 19.1 Å². The highest BCUT2D eigenvalue weighted by Gasteiger charge is 2.30. The summed E-state index contributed by atoms with van der Waals surface area (Å²) in [4.78, 5) is 14.6. The standard InChI is InChI=1S/C16H26N2O2/c1-4-7-18-12(2)10-15(13(18)3)16(20)11-17(8-9-19)14-5-6-14/h10,14,19H,4-9,11H2,1-3H3. The lowest BCUT2D eigenvalue weighted by molar-refractivity contribution is 0.0906. The Morgan fingerprint density at radius 3 is 2.70 bits per heavy atom. The second kappa shape index (κ2) is 6.55. The van der Waals surface area contributed by atoms with Gasteiger partial charge in [0.25, 0.3) is 0 Å². The zero-order valence-corrected chi connectivity index (χ0v) is 12.9. The molecule has 0 spiro atoms. The Bertz CT molecular complexity index is 475. The fourth-order valence-corrected chi connectivity index (χ4v) is 2.88. The number of carbonyl (C=O) groups is 1. The highest BCUT2D eigenvalue weighted by molar-refractivity contribution is 5.99. The van der Waals surface area contributed by atoms with Crippen LogP contribution >= 0.6 is 0 Å². The molecule has 1 aliphatic carbocycles. The summed E-state index contributed by atoms with van der Waals surface area (Å²) in [7, 11) is 0. The van der Waals surface area contributed by atoms with Crippen LogP contribution in [0.2, 0.25) is 0 Å². The Labute approximate surface area is 121 Å². The fraction of sp³-hybridized carbons (Fsp3) is 0.688. The quantitative estimate of drug-likeness (QED) is 0.741. The number of aromatic nitrogens is 1. The molecule has 0 atom stereocenters. The molecule has 20 heavy (non-hydrogen) atoms. The number of rotatable bonds is 8. The summed E-state index contributed by atoms with van der Waals surface area (Å²) in [6.45, 7) is 8.37. The molecule has 1 aliphatic rings. The first-order valence-corrected chi connectivity index (χ1v) is 7.63. The van der Waals surface area contributed by atoms with Gasteiger partial charge in [-0.1, -0.05) is 6.92 Å². The van der Waals surface area contributed by atoms with Crippen molar-refractivity contribution in [3.8, 4) is 0 Å². The first-order valence-electron chi connectivity index (χ1n) is 7.63. The van der Waals surface area contributed by atoms with Crippen LogP contribution in [0.4, 0.5) is 0 Å². The summed E-state index contributed by atoms with van der Waals surface area (Å²) in [5.74, 6) is 0.181. The molecule has 0 bridgehead atoms. The largest absolute Gasteiger partial charge is 0.395 e. The van der Waals surface area contributed by atoms with Crippen LogP contribution in [0, 0.1) is 13.8 Å². The molecule has 2 rings (SSSR count). The summed E-state index contributed by atoms with van der Waals surface area (Å²) >= 11 is 0. The van der Waals surface area contributed by atoms with E-state index < -0.39 is 0 Å². The van der Waals surface area contributed by atoms with Gasteiger partial charge in [-0.15, -0.1) is 0 Å². The molecule has 0 saturated heterocycles. The molecule has 0 radical (unpaired) electrons. The van der Waals surface area contributed by atoms with Crippen molar-refractivity contribution in [2.75, 3.05) is 19.7 Å². The zero-order valence-electron chi connectivity index (χ0n) is 12.9. The lowest BCUT2D eigenvalue weighted by Crippen LogP contribution is -2.34. The highest BCUT2D eigenvalue weighted by atomic mass is 16.3. The minimum Gasteiger partial charge on any atom is -0.395 e. The van der Waals surface area contributed by atoms with E-state index in [-0.39, 0.29) is 12.4 Å². The predicted octanol–water partition coefficient (Wildman–Crippen LogP) is 2.15. The van der Waals surface area contributed by atoms with Gasteiger partial charge in [-0.05, 0) is 39.2 Å². The lowest BCUT2D eigenvalue weighted by Gasteiger charge is -2.19. The number of hydrogen-bond acceptors (Lipinski definition) is 3. The maximum atomic E-state index is 12.5. The number of aryl methyl sites for hydroxylation is 1. The van der Waals surface area contributed by atoms with E-state index >= 15 is 0 Å². The van der Waals surface area contributed by atoms with Gasteiger partial charge in [0.15, 0.2) is 5.78 Å². The molecular formula is C16H26N2O2. The van der Waals surface area contributed by atoms with Gasteiger partial charge in [-0.2, -0.15) is 0 Å². The van der Waals surface area contributed by atoms with Crippen molar-refractivity contribution < 1.29 is 9.90 Å². The third-order valence-electron chi connectivity index (χ3n) is 4.12. The van der Waals surface area contributed by atoms with Gasteiger partial charge in [0.05, 0.1) is 13.2 Å². The summed E-state index contributed by atoms with van der Waals surface area (Å²) in [5, 5.41) is 9.11. The summed E-state index contributed by atoms with van der Waals surface area (Å²) < 4.78 is 2.22. The van der Waals surface area contributed by atoms with Crippen molar-refractivity contribution in [3.63, 3.8) is 0 Å². The number of carbonyl (C=O) groups excluding carboxylic acids is 1. The fourth-order valence-electron chi connectivity index (χ4n) is 2.88. The number of nitrogens with zero attached hydrogens (tertiary/aromatic N) is 2. The van der Waals surface area contributed by atoms with Crippen LogP contribution in [0.5, 0.6) is 0 Å². The minimum absolute atomic E-state index is 0.124. The average molecular weight is 278 g/mol. The summed E-state index contributed by atoms with van der Waals surface area (Å²) in [6, 6.07) is 2.52. The van der Waals surface area contributed by atoms with E-state index in [9.17, 15) is 4.79 Å². The van der Waals surface area contributed by atoms with Crippen LogP contribution in [-0.2, 0) is 6.54 Å². The van der Waals surface area contributed by atoms with Gasteiger partial charge in [-0.3, -0.25) is 9.69 Å². The second-order valence-corrected chi connectivity index (χ2v) is 5.78. The maximum absolute atomic E-state index is 12.5. The molecule has 0 amide bonds. The highest BCUT2D eigenvalue weighted by Crippen LogP contribution is 2.27. The topological polar surface area (TPSA) is 45.5 Å². The van der Waals surface area contributed by atoms with Crippen LogP contribution in [0.15, 0.2) is 6.07 Å². The van der Waals surface area contributed by atoms with Crippen molar-refractivity contribution in [2.45, 2.75) is 52.6 Å². The average Bonchev–Trinajstić information content (AvgIpc) is 3.21. The van der Waals surface area contributed by atoms with Crippen LogP contribution < -0.4 is 0 Å². The smallest absolute Gasteiger partial charge is 0.178 e. The molecular weight excluding hydrogens is 252 g/mol. The summed E-state index contributed by atoms with van der Waals surface area (Å²) in [5.41, 5.74) is 3.08. The monoisotopic (exact) mass is 278 g/mol. The van der Waals surface area contributed by atoms with Crippen molar-refractivity contribution in [1.29, 1.82) is 0 Å². The number of hydrogen-bond donors (Lipinski definition) is 1. The molecule has 1 saturated carbocycles. The molecule has 1 N–H and O–H groups in total. The Morgan fingerprint density at radius 1 is 1.45 bits per heavy atom. The predicted molar refractivity (Wildman–Crippen MR) is 80.2 cm³/mol. The minimum atomic E-state index is 0.124. The van der Waals surface area contributed by atoms with Crippen LogP contribution in [0.1, 0.15) is 47.9 Å². The number of Topliss-reactive ketones (excluding diaryl/α,β-unsaturated/α-hetero) is 1. The SMILES string of the molecule is CCCn1c(C)cc(C(=O)CN(CCO)C2CC2)c1C. The normalized spacial score (nSPS) is 15.1. The Morgan fingerprint density at radius 2 is 2.15 bits per heavy atom. The Kier molecular flexibility index (Phi) is 5.00. The molecule has 1 aromatic rings. The van der Waals surface area contributed by atoms with Crippen LogP contribution in [0.25, 0.3) is 0 Å². The van der Waals surface area contributed by atoms with Gasteiger partial charge in [0.2, 0.25) is 0 Å². The molecule has 0 unspecified atom stereocenters. The third kappa shape index (κ3) is 3.30. The van der Waals surface area contributed by atoms with E-state index in [4.69, 9.17) is 5.11 Å². The number of aliphatic hydroxyl groups excluding tert-OH is 1. The van der Waals surface area contributed by atoms with Gasteiger partial charge < -0.3 is 9.67 Å². The van der Waals surface area contributed by atoms with E-state index in [1.54, 1.807) is 0 Å². The Hall–Kier alpha value is -1.13. The maximum Gasteiger partial charge on any atom is 0.178 e. The van der Waals surface area contributed by atoms with Crippen LogP contribution in [0.3, 0.4) is 0 Å². The first-order chi connectivity index (χ1) is 9.58.